The van der Waals surface area contributed by atoms with E-state index in [4.69, 9.17) is 16.0 Å². The van der Waals surface area contributed by atoms with Gasteiger partial charge >= 0.3 is 0 Å². The number of para-hydroxylation sites is 1. The van der Waals surface area contributed by atoms with Gasteiger partial charge in [-0.05, 0) is 23.8 Å². The van der Waals surface area contributed by atoms with E-state index >= 15 is 0 Å². The molecular formula is C18H11ClO. The van der Waals surface area contributed by atoms with Crippen LogP contribution in [-0.2, 0) is 0 Å². The highest BCUT2D eigenvalue weighted by molar-refractivity contribution is 6.34. The third kappa shape index (κ3) is 1.71. The SMILES string of the molecule is Clc1cc2c(cc1-c1ccccc1)oc1ccccc12. The van der Waals surface area contributed by atoms with Gasteiger partial charge in [-0.3, -0.25) is 0 Å². The summed E-state index contributed by atoms with van der Waals surface area (Å²) < 4.78 is 5.91. The van der Waals surface area contributed by atoms with Crippen LogP contribution in [0, 0.1) is 0 Å². The molecule has 0 aliphatic carbocycles. The average Bonchev–Trinajstić information content (AvgIpc) is 2.85. The molecule has 2 heteroatoms. The summed E-state index contributed by atoms with van der Waals surface area (Å²) in [5.41, 5.74) is 3.86. The molecule has 0 saturated heterocycles. The Hall–Kier alpha value is -2.25. The molecular weight excluding hydrogens is 268 g/mol. The van der Waals surface area contributed by atoms with Crippen LogP contribution in [-0.4, -0.2) is 0 Å². The van der Waals surface area contributed by atoms with Crippen molar-refractivity contribution in [3.05, 3.63) is 71.8 Å². The normalized spacial score (nSPS) is 11.2. The molecule has 0 unspecified atom stereocenters. The fourth-order valence-electron chi connectivity index (χ4n) is 2.58. The Morgan fingerprint density at radius 2 is 1.45 bits per heavy atom. The number of hydrogen-bond donors (Lipinski definition) is 0. The van der Waals surface area contributed by atoms with Gasteiger partial charge in [0, 0.05) is 21.4 Å². The average molecular weight is 279 g/mol. The van der Waals surface area contributed by atoms with Gasteiger partial charge in [-0.15, -0.1) is 0 Å². The van der Waals surface area contributed by atoms with E-state index in [0.29, 0.717) is 0 Å². The van der Waals surface area contributed by atoms with Gasteiger partial charge in [0.25, 0.3) is 0 Å². The van der Waals surface area contributed by atoms with Crippen LogP contribution < -0.4 is 0 Å². The third-order valence-electron chi connectivity index (χ3n) is 3.55. The van der Waals surface area contributed by atoms with E-state index < -0.39 is 0 Å². The lowest BCUT2D eigenvalue weighted by molar-refractivity contribution is 0.669. The smallest absolute Gasteiger partial charge is 0.136 e. The summed E-state index contributed by atoms with van der Waals surface area (Å²) in [4.78, 5) is 0. The molecule has 1 heterocycles. The first-order valence-corrected chi connectivity index (χ1v) is 6.87. The highest BCUT2D eigenvalue weighted by atomic mass is 35.5. The van der Waals surface area contributed by atoms with E-state index in [2.05, 4.69) is 18.2 Å². The lowest BCUT2D eigenvalue weighted by Crippen LogP contribution is -1.79. The summed E-state index contributed by atoms with van der Waals surface area (Å²) in [6.07, 6.45) is 0. The van der Waals surface area contributed by atoms with Crippen molar-refractivity contribution in [2.45, 2.75) is 0 Å². The Labute approximate surface area is 121 Å². The minimum absolute atomic E-state index is 0.746. The van der Waals surface area contributed by atoms with Crippen LogP contribution in [0.25, 0.3) is 33.1 Å². The zero-order valence-corrected chi connectivity index (χ0v) is 11.4. The second-order valence-corrected chi connectivity index (χ2v) is 5.20. The quantitative estimate of drug-likeness (QED) is 0.422. The molecule has 0 aliphatic rings. The van der Waals surface area contributed by atoms with Gasteiger partial charge in [0.1, 0.15) is 11.2 Å². The fraction of sp³-hybridized carbons (Fsp3) is 0. The molecule has 96 valence electrons. The van der Waals surface area contributed by atoms with Crippen LogP contribution in [0.2, 0.25) is 5.02 Å². The predicted molar refractivity (Wildman–Crippen MR) is 84.2 cm³/mol. The van der Waals surface area contributed by atoms with Gasteiger partial charge in [-0.25, -0.2) is 0 Å². The second kappa shape index (κ2) is 4.39. The first-order chi connectivity index (χ1) is 9.83. The maximum Gasteiger partial charge on any atom is 0.136 e. The standard InChI is InChI=1S/C18H11ClO/c19-16-10-15-13-8-4-5-9-17(13)20-18(15)11-14(16)12-6-2-1-3-7-12/h1-11H. The number of fused-ring (bicyclic) bond motifs is 3. The van der Waals surface area contributed by atoms with Crippen molar-refractivity contribution < 1.29 is 4.42 Å². The lowest BCUT2D eigenvalue weighted by Gasteiger charge is -2.04. The van der Waals surface area contributed by atoms with Gasteiger partial charge in [-0.1, -0.05) is 60.1 Å². The van der Waals surface area contributed by atoms with Gasteiger partial charge in [-0.2, -0.15) is 0 Å². The summed E-state index contributed by atoms with van der Waals surface area (Å²) in [5, 5.41) is 2.91. The van der Waals surface area contributed by atoms with E-state index in [9.17, 15) is 0 Å². The third-order valence-corrected chi connectivity index (χ3v) is 3.86. The Kier molecular flexibility index (Phi) is 2.54. The molecule has 0 amide bonds. The molecule has 1 aromatic heterocycles. The molecule has 20 heavy (non-hydrogen) atoms. The summed E-state index contributed by atoms with van der Waals surface area (Å²) >= 11 is 6.45. The van der Waals surface area contributed by atoms with Gasteiger partial charge in [0.05, 0.1) is 0 Å². The number of furan rings is 1. The highest BCUT2D eigenvalue weighted by Gasteiger charge is 2.11. The molecule has 0 fully saturated rings. The van der Waals surface area contributed by atoms with E-state index in [1.807, 2.05) is 48.5 Å². The maximum absolute atomic E-state index is 6.45. The minimum Gasteiger partial charge on any atom is -0.456 e. The van der Waals surface area contributed by atoms with Crippen LogP contribution >= 0.6 is 11.6 Å². The first kappa shape index (κ1) is 11.6. The van der Waals surface area contributed by atoms with Gasteiger partial charge in [0.15, 0.2) is 0 Å². The molecule has 4 rings (SSSR count). The number of halogens is 1. The number of rotatable bonds is 1. The van der Waals surface area contributed by atoms with Crippen LogP contribution in [0.15, 0.2) is 71.1 Å². The molecule has 0 aliphatic heterocycles. The van der Waals surface area contributed by atoms with E-state index in [0.717, 1.165) is 38.1 Å². The Morgan fingerprint density at radius 3 is 2.30 bits per heavy atom. The number of hydrogen-bond acceptors (Lipinski definition) is 1. The zero-order valence-electron chi connectivity index (χ0n) is 10.6. The molecule has 0 N–H and O–H groups in total. The second-order valence-electron chi connectivity index (χ2n) is 4.79. The Balaban J connectivity index is 2.05. The molecule has 0 saturated carbocycles. The molecule has 0 spiro atoms. The van der Waals surface area contributed by atoms with Crippen molar-refractivity contribution in [3.63, 3.8) is 0 Å². The molecule has 0 bridgehead atoms. The summed E-state index contributed by atoms with van der Waals surface area (Å²) in [7, 11) is 0. The van der Waals surface area contributed by atoms with E-state index in [1.54, 1.807) is 0 Å². The van der Waals surface area contributed by atoms with Gasteiger partial charge in [0.2, 0.25) is 0 Å². The maximum atomic E-state index is 6.45. The Bertz CT molecular complexity index is 907. The van der Waals surface area contributed by atoms with Crippen LogP contribution in [0.4, 0.5) is 0 Å². The van der Waals surface area contributed by atoms with Crippen molar-refractivity contribution in [2.24, 2.45) is 0 Å². The lowest BCUT2D eigenvalue weighted by atomic mass is 10.0. The Morgan fingerprint density at radius 1 is 0.700 bits per heavy atom. The van der Waals surface area contributed by atoms with Crippen LogP contribution in [0.1, 0.15) is 0 Å². The fourth-order valence-corrected chi connectivity index (χ4v) is 2.86. The van der Waals surface area contributed by atoms with Crippen molar-refractivity contribution >= 4 is 33.5 Å². The predicted octanol–water partition coefficient (Wildman–Crippen LogP) is 5.91. The summed E-state index contributed by atoms with van der Waals surface area (Å²) in [6.45, 7) is 0. The largest absolute Gasteiger partial charge is 0.456 e. The molecule has 0 atom stereocenters. The zero-order chi connectivity index (χ0) is 13.5. The number of benzene rings is 3. The van der Waals surface area contributed by atoms with Crippen LogP contribution in [0.3, 0.4) is 0 Å². The molecule has 4 aromatic rings. The summed E-state index contributed by atoms with van der Waals surface area (Å²) in [6, 6.07) is 22.1. The molecule has 0 radical (unpaired) electrons. The van der Waals surface area contributed by atoms with Gasteiger partial charge < -0.3 is 4.42 Å². The minimum atomic E-state index is 0.746. The van der Waals surface area contributed by atoms with Crippen molar-refractivity contribution in [3.8, 4) is 11.1 Å². The summed E-state index contributed by atoms with van der Waals surface area (Å²) in [5.74, 6) is 0. The van der Waals surface area contributed by atoms with Crippen molar-refractivity contribution in [1.82, 2.24) is 0 Å². The first-order valence-electron chi connectivity index (χ1n) is 6.49. The van der Waals surface area contributed by atoms with E-state index in [-0.39, 0.29) is 0 Å². The van der Waals surface area contributed by atoms with Crippen molar-refractivity contribution in [2.75, 3.05) is 0 Å². The van der Waals surface area contributed by atoms with E-state index in [1.165, 1.54) is 0 Å². The molecule has 3 aromatic carbocycles. The highest BCUT2D eigenvalue weighted by Crippen LogP contribution is 2.36. The van der Waals surface area contributed by atoms with Crippen molar-refractivity contribution in [1.29, 1.82) is 0 Å². The monoisotopic (exact) mass is 278 g/mol. The molecule has 1 nitrogen and oxygen atoms in total. The topological polar surface area (TPSA) is 13.1 Å². The van der Waals surface area contributed by atoms with Crippen LogP contribution in [0.5, 0.6) is 0 Å².